The minimum atomic E-state index is -0.758. The quantitative estimate of drug-likeness (QED) is 0.303. The van der Waals surface area contributed by atoms with E-state index in [9.17, 15) is 19.1 Å². The summed E-state index contributed by atoms with van der Waals surface area (Å²) >= 11 is 0. The van der Waals surface area contributed by atoms with Gasteiger partial charge in [-0.25, -0.2) is 8.78 Å². The number of benzene rings is 2. The van der Waals surface area contributed by atoms with Gasteiger partial charge in [0.2, 0.25) is 5.91 Å². The number of amides is 1. The number of rotatable bonds is 11. The first kappa shape index (κ1) is 29.9. The monoisotopic (exact) mass is 586 g/mol. The molecule has 2 fully saturated rings. The van der Waals surface area contributed by atoms with Crippen molar-refractivity contribution in [3.63, 3.8) is 0 Å². The molecular weight excluding hydrogens is 550 g/mol. The highest BCUT2D eigenvalue weighted by Gasteiger charge is 2.38. The van der Waals surface area contributed by atoms with Crippen LogP contribution in [-0.4, -0.2) is 77.4 Å². The molecule has 42 heavy (non-hydrogen) atoms. The summed E-state index contributed by atoms with van der Waals surface area (Å²) in [5.41, 5.74) is 1.20. The predicted molar refractivity (Wildman–Crippen MR) is 150 cm³/mol. The second kappa shape index (κ2) is 13.1. The zero-order valence-electron chi connectivity index (χ0n) is 23.7. The number of nitrogens with one attached hydrogen (secondary N) is 1. The lowest BCUT2D eigenvalue weighted by atomic mass is 9.87. The number of halogens is 2. The number of carboxylic acids is 1. The Morgan fingerprint density at radius 3 is 2.50 bits per heavy atom. The van der Waals surface area contributed by atoms with E-state index in [2.05, 4.69) is 10.3 Å². The van der Waals surface area contributed by atoms with E-state index in [1.165, 1.54) is 30.3 Å². The van der Waals surface area contributed by atoms with E-state index in [-0.39, 0.29) is 59.4 Å². The molecule has 0 radical (unpaired) electrons. The molecule has 10 nitrogen and oxygen atoms in total. The largest absolute Gasteiger partial charge is 0.481 e. The Labute approximate surface area is 242 Å². The lowest BCUT2D eigenvalue weighted by Gasteiger charge is -2.34. The molecule has 226 valence electrons. The number of likely N-dealkylation sites (N-methyl/N-ethyl adjacent to an activating group) is 1. The molecule has 2 N–H and O–H groups in total. The minimum absolute atomic E-state index is 0.0282. The number of aliphatic carboxylic acids is 1. The van der Waals surface area contributed by atoms with Gasteiger partial charge in [0.1, 0.15) is 11.3 Å². The van der Waals surface area contributed by atoms with Crippen LogP contribution in [0.3, 0.4) is 0 Å². The second-order valence-corrected chi connectivity index (χ2v) is 11.1. The van der Waals surface area contributed by atoms with Crippen molar-refractivity contribution in [3.8, 4) is 0 Å². The summed E-state index contributed by atoms with van der Waals surface area (Å²) in [6.07, 6.45) is 4.00. The van der Waals surface area contributed by atoms with Crippen LogP contribution in [-0.2, 0) is 25.6 Å². The fourth-order valence-electron chi connectivity index (χ4n) is 5.93. The van der Waals surface area contributed by atoms with E-state index < -0.39 is 11.8 Å². The van der Waals surface area contributed by atoms with E-state index in [1.807, 2.05) is 4.90 Å². The first-order valence-electron chi connectivity index (χ1n) is 14.2. The summed E-state index contributed by atoms with van der Waals surface area (Å²) in [4.78, 5) is 36.3. The Morgan fingerprint density at radius 1 is 1.10 bits per heavy atom. The standard InChI is InChI=1S/C30H36F2N4O6/c1-35(40-2)16-22-9-10-23(17-41-24-11-3-19(4-12-24)29(38)39)36(22)27(37)15-18-13-25(32)28-26(14-18)42-30(34-28)33-21-7-5-20(31)6-8-21/h5-8,13-14,19,22-24H,3-4,9-12,15-17H2,1-2H3,(H,33,34)(H,38,39)/t19?,22-,23-,24?/m0/s1. The molecule has 2 aliphatic rings. The van der Waals surface area contributed by atoms with E-state index in [0.29, 0.717) is 50.1 Å². The smallest absolute Gasteiger partial charge is 0.306 e. The van der Waals surface area contributed by atoms with Crippen molar-refractivity contribution in [3.05, 3.63) is 53.6 Å². The number of ether oxygens (including phenoxy) is 1. The van der Waals surface area contributed by atoms with Gasteiger partial charge in [0.15, 0.2) is 11.4 Å². The molecule has 2 aromatic carbocycles. The zero-order valence-corrected chi connectivity index (χ0v) is 23.7. The molecule has 1 aliphatic carbocycles. The predicted octanol–water partition coefficient (Wildman–Crippen LogP) is 4.90. The molecule has 0 bridgehead atoms. The number of aromatic nitrogens is 1. The van der Waals surface area contributed by atoms with Gasteiger partial charge in [-0.15, -0.1) is 0 Å². The maximum Gasteiger partial charge on any atom is 0.306 e. The van der Waals surface area contributed by atoms with Crippen LogP contribution in [0.2, 0.25) is 0 Å². The summed E-state index contributed by atoms with van der Waals surface area (Å²) in [6.45, 7) is 0.867. The second-order valence-electron chi connectivity index (χ2n) is 11.1. The molecule has 5 rings (SSSR count). The fourth-order valence-corrected chi connectivity index (χ4v) is 5.93. The number of hydrogen-bond acceptors (Lipinski definition) is 8. The first-order valence-corrected chi connectivity index (χ1v) is 14.2. The molecule has 0 unspecified atom stereocenters. The summed E-state index contributed by atoms with van der Waals surface area (Å²) in [7, 11) is 3.38. The maximum absolute atomic E-state index is 15.0. The van der Waals surface area contributed by atoms with Crippen molar-refractivity contribution >= 4 is 34.7 Å². The third-order valence-electron chi connectivity index (χ3n) is 8.19. The average Bonchev–Trinajstić information content (AvgIpc) is 3.57. The molecule has 1 saturated heterocycles. The number of fused-ring (bicyclic) bond motifs is 1. The van der Waals surface area contributed by atoms with Crippen LogP contribution in [0.25, 0.3) is 11.1 Å². The molecule has 2 atom stereocenters. The van der Waals surface area contributed by atoms with E-state index >= 15 is 4.39 Å². The molecule has 0 spiro atoms. The number of nitrogens with zero attached hydrogens (tertiary/aromatic N) is 3. The van der Waals surface area contributed by atoms with Gasteiger partial charge in [0, 0.05) is 25.3 Å². The highest BCUT2D eigenvalue weighted by atomic mass is 19.1. The summed E-state index contributed by atoms with van der Waals surface area (Å²) in [6, 6.07) is 8.29. The van der Waals surface area contributed by atoms with Crippen molar-refractivity contribution in [2.24, 2.45) is 5.92 Å². The molecule has 1 aliphatic heterocycles. The van der Waals surface area contributed by atoms with E-state index in [1.54, 1.807) is 25.3 Å². The third-order valence-corrected chi connectivity index (χ3v) is 8.19. The van der Waals surface area contributed by atoms with Crippen LogP contribution < -0.4 is 5.32 Å². The lowest BCUT2D eigenvalue weighted by Crippen LogP contribution is -2.48. The zero-order chi connectivity index (χ0) is 29.8. The van der Waals surface area contributed by atoms with Crippen molar-refractivity contribution in [1.82, 2.24) is 14.9 Å². The molecule has 2 heterocycles. The molecule has 1 aromatic heterocycles. The number of oxazole rings is 1. The first-order chi connectivity index (χ1) is 20.2. The van der Waals surface area contributed by atoms with Gasteiger partial charge >= 0.3 is 5.97 Å². The molecule has 1 amide bonds. The number of carbonyl (C=O) groups is 2. The fraction of sp³-hybridized carbons (Fsp3) is 0.500. The van der Waals surface area contributed by atoms with Gasteiger partial charge in [-0.05, 0) is 80.5 Å². The van der Waals surface area contributed by atoms with Gasteiger partial charge in [-0.2, -0.15) is 10.0 Å². The lowest BCUT2D eigenvalue weighted by molar-refractivity contribution is -0.146. The van der Waals surface area contributed by atoms with Crippen LogP contribution in [0.1, 0.15) is 44.1 Å². The van der Waals surface area contributed by atoms with Gasteiger partial charge < -0.3 is 29.3 Å². The van der Waals surface area contributed by atoms with Crippen molar-refractivity contribution in [1.29, 1.82) is 0 Å². The average molecular weight is 587 g/mol. The highest BCUT2D eigenvalue weighted by Crippen LogP contribution is 2.31. The SMILES string of the molecule is CON(C)C[C@@H]1CC[C@@H](COC2CCC(C(=O)O)CC2)N1C(=O)Cc1cc(F)c2nc(Nc3ccc(F)cc3)oc2c1. The van der Waals surface area contributed by atoms with Gasteiger partial charge in [0.05, 0.1) is 38.2 Å². The summed E-state index contributed by atoms with van der Waals surface area (Å²) in [5.74, 6) is -2.23. The van der Waals surface area contributed by atoms with Crippen LogP contribution in [0.15, 0.2) is 40.8 Å². The van der Waals surface area contributed by atoms with Crippen LogP contribution in [0.4, 0.5) is 20.5 Å². The van der Waals surface area contributed by atoms with Crippen molar-refractivity contribution in [2.45, 2.75) is 63.1 Å². The van der Waals surface area contributed by atoms with E-state index in [0.717, 1.165) is 12.8 Å². The Morgan fingerprint density at radius 2 is 1.81 bits per heavy atom. The number of anilines is 2. The van der Waals surface area contributed by atoms with Crippen LogP contribution in [0, 0.1) is 17.6 Å². The normalized spacial score (nSPS) is 22.6. The number of hydroxylamine groups is 2. The minimum Gasteiger partial charge on any atom is -0.481 e. The maximum atomic E-state index is 15.0. The topological polar surface area (TPSA) is 117 Å². The van der Waals surface area contributed by atoms with Crippen LogP contribution in [0.5, 0.6) is 0 Å². The molecule has 1 saturated carbocycles. The Hall–Kier alpha value is -3.61. The number of carbonyl (C=O) groups excluding carboxylic acids is 1. The summed E-state index contributed by atoms with van der Waals surface area (Å²) < 4.78 is 40.2. The van der Waals surface area contributed by atoms with Gasteiger partial charge in [0.25, 0.3) is 6.01 Å². The van der Waals surface area contributed by atoms with Crippen molar-refractivity contribution in [2.75, 3.05) is 32.6 Å². The van der Waals surface area contributed by atoms with Crippen molar-refractivity contribution < 1.29 is 37.5 Å². The Kier molecular flexibility index (Phi) is 9.34. The molecule has 12 heteroatoms. The summed E-state index contributed by atoms with van der Waals surface area (Å²) in [5, 5.41) is 13.8. The van der Waals surface area contributed by atoms with Gasteiger partial charge in [-0.3, -0.25) is 9.59 Å². The van der Waals surface area contributed by atoms with E-state index in [4.69, 9.17) is 14.0 Å². The van der Waals surface area contributed by atoms with Gasteiger partial charge in [-0.1, -0.05) is 0 Å². The number of hydrogen-bond donors (Lipinski definition) is 2. The third kappa shape index (κ3) is 7.05. The Balaban J connectivity index is 1.27. The molecule has 3 aromatic rings. The highest BCUT2D eigenvalue weighted by molar-refractivity contribution is 5.83. The number of carboxylic acid groups (broad SMARTS) is 1. The number of likely N-dealkylation sites (tertiary alicyclic amines) is 1. The molecular formula is C30H36F2N4O6. The van der Waals surface area contributed by atoms with Crippen LogP contribution >= 0.6 is 0 Å². The Bertz CT molecular complexity index is 1390.